The van der Waals surface area contributed by atoms with Gasteiger partial charge in [0, 0.05) is 11.4 Å². The molecule has 1 aliphatic rings. The van der Waals surface area contributed by atoms with Gasteiger partial charge < -0.3 is 20.1 Å². The lowest BCUT2D eigenvalue weighted by atomic mass is 9.93. The van der Waals surface area contributed by atoms with Gasteiger partial charge in [-0.1, -0.05) is 48.0 Å². The Morgan fingerprint density at radius 2 is 1.56 bits per heavy atom. The summed E-state index contributed by atoms with van der Waals surface area (Å²) < 4.78 is 10.8. The number of carbonyl (C=O) groups excluding carboxylic acids is 2. The summed E-state index contributed by atoms with van der Waals surface area (Å²) >= 11 is 0. The fraction of sp³-hybridized carbons (Fsp3) is 0.231. The molecule has 0 unspecified atom stereocenters. The summed E-state index contributed by atoms with van der Waals surface area (Å²) in [5, 5.41) is 5.81. The Bertz CT molecular complexity index is 1140. The Morgan fingerprint density at radius 3 is 2.25 bits per heavy atom. The van der Waals surface area contributed by atoms with Crippen molar-refractivity contribution in [3.63, 3.8) is 0 Å². The van der Waals surface area contributed by atoms with Crippen LogP contribution in [0, 0.1) is 6.92 Å². The summed E-state index contributed by atoms with van der Waals surface area (Å²) in [7, 11) is 1.55. The van der Waals surface area contributed by atoms with Crippen LogP contribution in [0.1, 0.15) is 24.0 Å². The van der Waals surface area contributed by atoms with E-state index >= 15 is 0 Å². The van der Waals surface area contributed by atoms with Crippen LogP contribution in [0.15, 0.2) is 72.8 Å². The van der Waals surface area contributed by atoms with Gasteiger partial charge in [0.2, 0.25) is 5.91 Å². The third kappa shape index (κ3) is 4.75. The molecule has 0 atom stereocenters. The Morgan fingerprint density at radius 1 is 0.875 bits per heavy atom. The molecule has 0 heterocycles. The number of carbonyl (C=O) groups is 2. The summed E-state index contributed by atoms with van der Waals surface area (Å²) in [6, 6.07) is 22.4. The molecule has 1 fully saturated rings. The molecule has 0 aromatic heterocycles. The summed E-state index contributed by atoms with van der Waals surface area (Å²) in [4.78, 5) is 25.4. The number of benzene rings is 3. The number of methoxy groups -OCH3 is 1. The second-order valence-corrected chi connectivity index (χ2v) is 7.97. The summed E-state index contributed by atoms with van der Waals surface area (Å²) in [6.45, 7) is 1.87. The fourth-order valence-corrected chi connectivity index (χ4v) is 3.72. The zero-order valence-corrected chi connectivity index (χ0v) is 18.2. The molecule has 0 spiro atoms. The molecule has 6 nitrogen and oxygen atoms in total. The van der Waals surface area contributed by atoms with Crippen molar-refractivity contribution in [1.82, 2.24) is 0 Å². The number of anilines is 2. The summed E-state index contributed by atoms with van der Waals surface area (Å²) in [6.07, 6.45) is 1.66. The van der Waals surface area contributed by atoms with Crippen molar-refractivity contribution in [1.29, 1.82) is 0 Å². The smallest absolute Gasteiger partial charge is 0.262 e. The third-order valence-electron chi connectivity index (χ3n) is 5.59. The van der Waals surface area contributed by atoms with Gasteiger partial charge in [0.25, 0.3) is 5.91 Å². The molecule has 4 rings (SSSR count). The SMILES string of the molecule is COc1ccccc1OCC(=O)Nc1cccc(NC(=O)C2(c3cccc(C)c3)CC2)c1. The molecule has 0 saturated heterocycles. The van der Waals surface area contributed by atoms with Gasteiger partial charge in [0.05, 0.1) is 12.5 Å². The first-order valence-corrected chi connectivity index (χ1v) is 10.5. The molecule has 32 heavy (non-hydrogen) atoms. The van der Waals surface area contributed by atoms with Crippen LogP contribution in [0.2, 0.25) is 0 Å². The van der Waals surface area contributed by atoms with Crippen molar-refractivity contribution >= 4 is 23.2 Å². The normalized spacial score (nSPS) is 13.7. The average Bonchev–Trinajstić information content (AvgIpc) is 3.60. The first-order valence-electron chi connectivity index (χ1n) is 10.5. The highest BCUT2D eigenvalue weighted by atomic mass is 16.5. The maximum atomic E-state index is 13.0. The molecule has 1 saturated carbocycles. The molecule has 3 aromatic carbocycles. The van der Waals surface area contributed by atoms with Crippen molar-refractivity contribution in [3.8, 4) is 11.5 Å². The van der Waals surface area contributed by atoms with Gasteiger partial charge in [-0.2, -0.15) is 0 Å². The van der Waals surface area contributed by atoms with E-state index in [1.807, 2.05) is 43.3 Å². The van der Waals surface area contributed by atoms with Crippen LogP contribution in [0.3, 0.4) is 0 Å². The summed E-state index contributed by atoms with van der Waals surface area (Å²) in [5.41, 5.74) is 2.94. The Balaban J connectivity index is 1.37. The van der Waals surface area contributed by atoms with Gasteiger partial charge in [-0.15, -0.1) is 0 Å². The third-order valence-corrected chi connectivity index (χ3v) is 5.59. The largest absolute Gasteiger partial charge is 0.493 e. The van der Waals surface area contributed by atoms with E-state index in [2.05, 4.69) is 16.7 Å². The van der Waals surface area contributed by atoms with Gasteiger partial charge in [-0.25, -0.2) is 0 Å². The van der Waals surface area contributed by atoms with E-state index in [1.54, 1.807) is 37.4 Å². The van der Waals surface area contributed by atoms with Crippen LogP contribution in [0.25, 0.3) is 0 Å². The van der Waals surface area contributed by atoms with Crippen LogP contribution in [-0.4, -0.2) is 25.5 Å². The lowest BCUT2D eigenvalue weighted by molar-refractivity contribution is -0.119. The van der Waals surface area contributed by atoms with E-state index in [4.69, 9.17) is 9.47 Å². The lowest BCUT2D eigenvalue weighted by Crippen LogP contribution is -2.28. The van der Waals surface area contributed by atoms with Crippen molar-refractivity contribution < 1.29 is 19.1 Å². The number of nitrogens with one attached hydrogen (secondary N) is 2. The molecule has 0 radical (unpaired) electrons. The first kappa shape index (κ1) is 21.4. The van der Waals surface area contributed by atoms with Gasteiger partial charge >= 0.3 is 0 Å². The lowest BCUT2D eigenvalue weighted by Gasteiger charge is -2.17. The van der Waals surface area contributed by atoms with Gasteiger partial charge in [-0.3, -0.25) is 9.59 Å². The minimum atomic E-state index is -0.464. The average molecular weight is 431 g/mol. The van der Waals surface area contributed by atoms with E-state index in [1.165, 1.54) is 0 Å². The van der Waals surface area contributed by atoms with Crippen LogP contribution in [0.5, 0.6) is 11.5 Å². The van der Waals surface area contributed by atoms with Crippen molar-refractivity contribution in [3.05, 3.63) is 83.9 Å². The second kappa shape index (κ2) is 9.14. The monoisotopic (exact) mass is 430 g/mol. The minimum absolute atomic E-state index is 0.0221. The number of hydrogen-bond donors (Lipinski definition) is 2. The van der Waals surface area contributed by atoms with Crippen molar-refractivity contribution in [2.24, 2.45) is 0 Å². The van der Waals surface area contributed by atoms with E-state index in [0.29, 0.717) is 22.9 Å². The van der Waals surface area contributed by atoms with Gasteiger partial charge in [-0.05, 0) is 55.7 Å². The van der Waals surface area contributed by atoms with Gasteiger partial charge in [0.1, 0.15) is 0 Å². The molecule has 164 valence electrons. The highest BCUT2D eigenvalue weighted by Gasteiger charge is 2.51. The highest BCUT2D eigenvalue weighted by molar-refractivity contribution is 6.02. The second-order valence-electron chi connectivity index (χ2n) is 7.97. The predicted molar refractivity (Wildman–Crippen MR) is 124 cm³/mol. The first-order chi connectivity index (χ1) is 15.5. The Hall–Kier alpha value is -3.80. The zero-order valence-electron chi connectivity index (χ0n) is 18.2. The van der Waals surface area contributed by atoms with E-state index in [-0.39, 0.29) is 18.4 Å². The molecule has 0 bridgehead atoms. The summed E-state index contributed by atoms with van der Waals surface area (Å²) in [5.74, 6) is 0.730. The topological polar surface area (TPSA) is 76.7 Å². The van der Waals surface area contributed by atoms with Crippen LogP contribution >= 0.6 is 0 Å². The molecule has 0 aliphatic heterocycles. The number of rotatable bonds is 8. The molecule has 6 heteroatoms. The van der Waals surface area contributed by atoms with Crippen LogP contribution in [0.4, 0.5) is 11.4 Å². The van der Waals surface area contributed by atoms with Crippen LogP contribution in [-0.2, 0) is 15.0 Å². The quantitative estimate of drug-likeness (QED) is 0.544. The number of para-hydroxylation sites is 2. The minimum Gasteiger partial charge on any atom is -0.493 e. The number of aryl methyl sites for hydroxylation is 1. The van der Waals surface area contributed by atoms with E-state index < -0.39 is 5.41 Å². The zero-order chi connectivity index (χ0) is 22.6. The van der Waals surface area contributed by atoms with Gasteiger partial charge in [0.15, 0.2) is 18.1 Å². The molecular weight excluding hydrogens is 404 g/mol. The molecule has 3 aromatic rings. The van der Waals surface area contributed by atoms with Crippen molar-refractivity contribution in [2.75, 3.05) is 24.4 Å². The fourth-order valence-electron chi connectivity index (χ4n) is 3.72. The standard InChI is InChI=1S/C26H26N2O4/c1-18-7-5-8-19(15-18)26(13-14-26)25(30)28-21-10-6-9-20(16-21)27-24(29)17-32-23-12-4-3-11-22(23)31-2/h3-12,15-16H,13-14,17H2,1-2H3,(H,27,29)(H,28,30). The highest BCUT2D eigenvalue weighted by Crippen LogP contribution is 2.49. The van der Waals surface area contributed by atoms with E-state index in [9.17, 15) is 9.59 Å². The predicted octanol–water partition coefficient (Wildman–Crippen LogP) is 4.69. The Labute approximate surface area is 187 Å². The maximum Gasteiger partial charge on any atom is 0.262 e. The van der Waals surface area contributed by atoms with E-state index in [0.717, 1.165) is 24.0 Å². The number of amides is 2. The number of hydrogen-bond acceptors (Lipinski definition) is 4. The van der Waals surface area contributed by atoms with Crippen molar-refractivity contribution in [2.45, 2.75) is 25.2 Å². The molecule has 1 aliphatic carbocycles. The number of ether oxygens (including phenoxy) is 2. The molecule has 2 amide bonds. The maximum absolute atomic E-state index is 13.0. The molecule has 2 N–H and O–H groups in total. The Kier molecular flexibility index (Phi) is 6.12. The van der Waals surface area contributed by atoms with Crippen LogP contribution < -0.4 is 20.1 Å². The molecular formula is C26H26N2O4.